The SMILES string of the molecule is COC(=O)C1c2cc3c(c(O)c2C(OC2CC(OC)C(OC4CC(O)C(OC5CC(OC)C(OC6CC(OC)C(OC(=O)C=CC(=O)O)C(C)O6)C(C)O5)C(C)O4)C(C)O2)CC1(C)O)C(=O)c1c(O)cc2c(c1C3=O)OC1OC2(C)C(OC2CC(O)C(OC3CC(C)([N+](=O)[O-])C(OC4CC(OC)C(O)C(C)O4)C(C)O3)C(C)O2)C(N(C)C)C1O. The highest BCUT2D eigenvalue weighted by molar-refractivity contribution is 6.31. The van der Waals surface area contributed by atoms with Crippen LogP contribution < -0.4 is 4.74 Å². The predicted octanol–water partition coefficient (Wildman–Crippen LogP) is 2.58. The smallest absolute Gasteiger partial charge is 0.331 e. The van der Waals surface area contributed by atoms with Gasteiger partial charge in [-0.1, -0.05) is 0 Å². The number of carbonyl (C=O) groups excluding carboxylic acids is 4. The summed E-state index contributed by atoms with van der Waals surface area (Å²) in [5.74, 6) is -8.80. The van der Waals surface area contributed by atoms with Crippen LogP contribution in [0.3, 0.4) is 0 Å². The molecule has 0 spiro atoms. The number of esters is 2. The zero-order valence-corrected chi connectivity index (χ0v) is 69.3. The van der Waals surface area contributed by atoms with Crippen molar-refractivity contribution < 1.29 is 174 Å². The van der Waals surface area contributed by atoms with Gasteiger partial charge in [0.1, 0.15) is 77.6 Å². The molecule has 36 atom stereocenters. The predicted molar refractivity (Wildman–Crippen MR) is 398 cm³/mol. The van der Waals surface area contributed by atoms with Crippen LogP contribution in [0.5, 0.6) is 17.2 Å². The van der Waals surface area contributed by atoms with E-state index in [-0.39, 0.29) is 67.4 Å². The van der Waals surface area contributed by atoms with Crippen LogP contribution in [0, 0.1) is 10.1 Å². The van der Waals surface area contributed by atoms with E-state index in [4.69, 9.17) is 109 Å². The second-order valence-electron chi connectivity index (χ2n) is 33.6. The Bertz CT molecular complexity index is 4050. The first-order valence-electron chi connectivity index (χ1n) is 40.1. The second-order valence-corrected chi connectivity index (χ2v) is 33.6. The highest BCUT2D eigenvalue weighted by Crippen LogP contribution is 2.58. The van der Waals surface area contributed by atoms with Crippen molar-refractivity contribution in [1.82, 2.24) is 4.90 Å². The molecule has 0 aromatic heterocycles. The largest absolute Gasteiger partial charge is 0.507 e. The molecular weight excluding hydrogens is 1580 g/mol. The molecule has 9 heterocycles. The van der Waals surface area contributed by atoms with E-state index in [1.165, 1.54) is 48.4 Å². The lowest BCUT2D eigenvalue weighted by molar-refractivity contribution is -0.599. The number of rotatable bonds is 24. The van der Waals surface area contributed by atoms with Gasteiger partial charge in [0.2, 0.25) is 12.1 Å². The van der Waals surface area contributed by atoms with Crippen molar-refractivity contribution >= 4 is 29.5 Å². The Morgan fingerprint density at radius 1 is 0.555 bits per heavy atom. The lowest BCUT2D eigenvalue weighted by Crippen LogP contribution is -2.70. The second kappa shape index (κ2) is 35.8. The topological polar surface area (TPSA) is 497 Å². The summed E-state index contributed by atoms with van der Waals surface area (Å²) in [6.45, 7) is 15.9. The third-order valence-corrected chi connectivity index (χ3v) is 25.2. The fourth-order valence-corrected chi connectivity index (χ4v) is 19.2. The Morgan fingerprint density at radius 3 is 1.55 bits per heavy atom. The summed E-state index contributed by atoms with van der Waals surface area (Å²) in [5, 5.41) is 106. The first kappa shape index (κ1) is 90.5. The number of aromatic hydroxyl groups is 2. The molecule has 0 amide bonds. The van der Waals surface area contributed by atoms with Gasteiger partial charge in [-0.25, -0.2) is 9.59 Å². The van der Waals surface area contributed by atoms with Crippen molar-refractivity contribution in [2.75, 3.05) is 49.6 Å². The molecule has 2 aromatic carbocycles. The molecule has 39 nitrogen and oxygen atoms in total. The van der Waals surface area contributed by atoms with E-state index in [0.29, 0.717) is 6.08 Å². The molecule has 11 aliphatic rings. The molecule has 0 saturated carbocycles. The molecular formula is C80H112N2O37. The van der Waals surface area contributed by atoms with Crippen LogP contribution in [0.25, 0.3) is 0 Å². The molecule has 2 aliphatic carbocycles. The quantitative estimate of drug-likeness (QED) is 0.0276. The molecule has 8 N–H and O–H groups in total. The number of ketones is 2. The Morgan fingerprint density at radius 2 is 1.03 bits per heavy atom. The minimum atomic E-state index is -2.06. The number of phenolic OH excluding ortho intramolecular Hbond substituents is 2. The molecule has 119 heavy (non-hydrogen) atoms. The van der Waals surface area contributed by atoms with E-state index in [0.717, 1.165) is 19.3 Å². The number of benzene rings is 2. The van der Waals surface area contributed by atoms with Crippen molar-refractivity contribution in [1.29, 1.82) is 0 Å². The molecule has 2 bridgehead atoms. The molecule has 2 aromatic rings. The lowest BCUT2D eigenvalue weighted by Gasteiger charge is -2.56. The number of hydrogen-bond acceptors (Lipinski definition) is 37. The van der Waals surface area contributed by atoms with Gasteiger partial charge in [-0.05, 0) is 94.1 Å². The van der Waals surface area contributed by atoms with E-state index >= 15 is 9.59 Å². The average molecular weight is 1690 g/mol. The van der Waals surface area contributed by atoms with E-state index < -0.39 is 294 Å². The molecule has 8 fully saturated rings. The number of likely N-dealkylation sites (N-methyl/N-ethyl adjacent to an activating group) is 1. The van der Waals surface area contributed by atoms with Gasteiger partial charge >= 0.3 is 17.9 Å². The Hall–Kier alpha value is -6.27. The van der Waals surface area contributed by atoms with E-state index in [1.807, 2.05) is 0 Å². The third kappa shape index (κ3) is 17.4. The summed E-state index contributed by atoms with van der Waals surface area (Å²) >= 11 is 0. The van der Waals surface area contributed by atoms with Gasteiger partial charge in [0.25, 0.3) is 5.54 Å². The van der Waals surface area contributed by atoms with Gasteiger partial charge in [0.15, 0.2) is 62.0 Å². The highest BCUT2D eigenvalue weighted by atomic mass is 16.8. The van der Waals surface area contributed by atoms with Crippen molar-refractivity contribution in [3.05, 3.63) is 73.3 Å². The summed E-state index contributed by atoms with van der Waals surface area (Å²) < 4.78 is 136. The van der Waals surface area contributed by atoms with E-state index in [9.17, 15) is 60.2 Å². The fraction of sp³-hybridized carbons (Fsp3) is 0.762. The zero-order chi connectivity index (χ0) is 86.4. The minimum Gasteiger partial charge on any atom is -0.507 e. The van der Waals surface area contributed by atoms with Crippen LogP contribution in [-0.2, 0) is 119 Å². The van der Waals surface area contributed by atoms with E-state index in [1.54, 1.807) is 74.4 Å². The monoisotopic (exact) mass is 1690 g/mol. The summed E-state index contributed by atoms with van der Waals surface area (Å²) in [6.07, 6.45) is -30.4. The van der Waals surface area contributed by atoms with Gasteiger partial charge < -0.3 is 150 Å². The van der Waals surface area contributed by atoms with Crippen molar-refractivity contribution in [3.63, 3.8) is 0 Å². The van der Waals surface area contributed by atoms with Gasteiger partial charge in [-0.2, -0.15) is 0 Å². The Kier molecular flexibility index (Phi) is 27.2. The zero-order valence-electron chi connectivity index (χ0n) is 69.3. The number of nitro groups is 1. The van der Waals surface area contributed by atoms with Crippen LogP contribution in [0.2, 0.25) is 0 Å². The molecule has 36 unspecified atom stereocenters. The average Bonchev–Trinajstić information content (AvgIpc) is 0.690. The highest BCUT2D eigenvalue weighted by Gasteiger charge is 2.64. The van der Waals surface area contributed by atoms with Crippen molar-refractivity contribution in [3.8, 4) is 17.2 Å². The first-order valence-corrected chi connectivity index (χ1v) is 40.1. The molecule has 39 heteroatoms. The summed E-state index contributed by atoms with van der Waals surface area (Å²) in [6, 6.07) is 1.31. The third-order valence-electron chi connectivity index (χ3n) is 25.2. The normalized spacial score (nSPS) is 43.5. The maximum absolute atomic E-state index is 15.7. The van der Waals surface area contributed by atoms with Crippen LogP contribution in [0.4, 0.5) is 0 Å². The maximum atomic E-state index is 15.7. The molecule has 9 aliphatic heterocycles. The number of methoxy groups -OCH3 is 5. The number of phenols is 2. The van der Waals surface area contributed by atoms with Gasteiger partial charge in [0, 0.05) is 114 Å². The lowest BCUT2D eigenvalue weighted by atomic mass is 9.68. The number of carboxylic acid groups (broad SMARTS) is 1. The number of aliphatic hydroxyl groups is 5. The van der Waals surface area contributed by atoms with Crippen LogP contribution >= 0.6 is 0 Å². The maximum Gasteiger partial charge on any atom is 0.331 e. The number of hydrogen-bond donors (Lipinski definition) is 8. The fourth-order valence-electron chi connectivity index (χ4n) is 19.2. The van der Waals surface area contributed by atoms with Gasteiger partial charge in [-0.15, -0.1) is 0 Å². The summed E-state index contributed by atoms with van der Waals surface area (Å²) in [5.41, 5.74) is -8.27. The number of aliphatic hydroxyl groups excluding tert-OH is 4. The number of aliphatic carboxylic acids is 1. The number of nitrogens with zero attached hydrogens (tertiary/aromatic N) is 2. The van der Waals surface area contributed by atoms with Crippen LogP contribution in [0.15, 0.2) is 24.3 Å². The summed E-state index contributed by atoms with van der Waals surface area (Å²) in [4.78, 5) is 82.7. The van der Waals surface area contributed by atoms with Gasteiger partial charge in [-0.3, -0.25) is 24.5 Å². The van der Waals surface area contributed by atoms with Crippen LogP contribution in [-0.4, -0.2) is 332 Å². The molecule has 13 rings (SSSR count). The Labute approximate surface area is 686 Å². The molecule has 664 valence electrons. The van der Waals surface area contributed by atoms with E-state index in [2.05, 4.69) is 0 Å². The number of carboxylic acids is 1. The standard InChI is InChI=1S/C80H112N2O37/c1-30-63(89)43(98-13)24-55(103-30)116-74-36(7)109-56(29-78(74,8)82(96)97)115-69-32(3)105-51(23-42(69)85)117-75-62(81(11)12)67(93)77-118-73-39(80(75,10)119-77)21-40(83)59-60(73)64(90)38-20-37-57(65(91)58(38)66(59)92)47(28-79(9,95)61(37)76(94)102-17)110-52-25-45(100-15)71(34(5)106-52)113-50-22-41(84)68(31(2)104-50)112-53-27-46(101-16)72(35(6)108-53)114-54-26-44(99-14)70(33(4)107-54)111-49(88)19-18-48(86)87/h18-21,30-36,41-47,50-56,61-63,67-72,74-75,77,83-85,89,91,93,95H,22-29H2,1-17H3,(H,86,87). The van der Waals surface area contributed by atoms with Crippen molar-refractivity contribution in [2.45, 2.75) is 340 Å². The number of fused-ring (bicyclic) bond motifs is 8. The first-order chi connectivity index (χ1) is 56.2. The number of ether oxygens (including phenoxy) is 22. The minimum absolute atomic E-state index is 0.0384. The van der Waals surface area contributed by atoms with Gasteiger partial charge in [0.05, 0.1) is 121 Å². The molecule has 0 radical (unpaired) electrons. The van der Waals surface area contributed by atoms with Crippen LogP contribution in [0.1, 0.15) is 181 Å². The molecule has 8 saturated heterocycles. The summed E-state index contributed by atoms with van der Waals surface area (Å²) in [7, 11) is 10.2. The van der Waals surface area contributed by atoms with Crippen molar-refractivity contribution in [2.24, 2.45) is 0 Å². The Balaban J connectivity index is 0.679. The number of carbonyl (C=O) groups is 5.